The summed E-state index contributed by atoms with van der Waals surface area (Å²) in [4.78, 5) is 4.55. The van der Waals surface area contributed by atoms with Crippen LogP contribution < -0.4 is 5.73 Å². The molecule has 0 aliphatic heterocycles. The second-order valence-electron chi connectivity index (χ2n) is 3.87. The van der Waals surface area contributed by atoms with Gasteiger partial charge in [-0.05, 0) is 37.5 Å². The number of rotatable bonds is 2. The van der Waals surface area contributed by atoms with E-state index in [4.69, 9.17) is 5.73 Å². The van der Waals surface area contributed by atoms with E-state index in [0.717, 1.165) is 5.69 Å². The largest absolute Gasteiger partial charge is 0.326 e. The SMILES string of the molecule is Cc1cc(CN)cc(C2CCC2)n1. The second-order valence-corrected chi connectivity index (χ2v) is 3.87. The maximum absolute atomic E-state index is 5.62. The minimum absolute atomic E-state index is 0.628. The van der Waals surface area contributed by atoms with Crippen LogP contribution in [0.4, 0.5) is 0 Å². The molecule has 1 fully saturated rings. The van der Waals surface area contributed by atoms with Gasteiger partial charge in [-0.2, -0.15) is 0 Å². The molecule has 1 aliphatic carbocycles. The van der Waals surface area contributed by atoms with Crippen LogP contribution in [-0.2, 0) is 6.54 Å². The maximum atomic E-state index is 5.62. The quantitative estimate of drug-likeness (QED) is 0.749. The van der Waals surface area contributed by atoms with Gasteiger partial charge in [-0.1, -0.05) is 6.42 Å². The van der Waals surface area contributed by atoms with E-state index < -0.39 is 0 Å². The van der Waals surface area contributed by atoms with Crippen molar-refractivity contribution in [2.75, 3.05) is 0 Å². The molecule has 0 saturated heterocycles. The lowest BCUT2D eigenvalue weighted by atomic mass is 9.82. The first-order valence-electron chi connectivity index (χ1n) is 4.97. The molecule has 1 heterocycles. The molecule has 1 aromatic rings. The van der Waals surface area contributed by atoms with Crippen LogP contribution in [-0.4, -0.2) is 4.98 Å². The summed E-state index contributed by atoms with van der Waals surface area (Å²) in [6.45, 7) is 2.67. The molecule has 1 aliphatic rings. The van der Waals surface area contributed by atoms with E-state index in [1.54, 1.807) is 0 Å². The normalized spacial score (nSPS) is 17.1. The molecule has 0 aromatic carbocycles. The number of aromatic nitrogens is 1. The Morgan fingerprint density at radius 3 is 2.77 bits per heavy atom. The van der Waals surface area contributed by atoms with E-state index in [1.165, 1.54) is 30.5 Å². The van der Waals surface area contributed by atoms with Gasteiger partial charge < -0.3 is 5.73 Å². The Balaban J connectivity index is 2.28. The summed E-state index contributed by atoms with van der Waals surface area (Å²) in [5.74, 6) is 0.713. The molecule has 13 heavy (non-hydrogen) atoms. The minimum Gasteiger partial charge on any atom is -0.326 e. The first kappa shape index (κ1) is 8.70. The lowest BCUT2D eigenvalue weighted by Crippen LogP contribution is -2.12. The lowest BCUT2D eigenvalue weighted by molar-refractivity contribution is 0.410. The number of pyridine rings is 1. The molecule has 70 valence electrons. The highest BCUT2D eigenvalue weighted by Gasteiger charge is 2.20. The van der Waals surface area contributed by atoms with Gasteiger partial charge in [0, 0.05) is 23.9 Å². The van der Waals surface area contributed by atoms with Crippen molar-refractivity contribution < 1.29 is 0 Å². The van der Waals surface area contributed by atoms with Crippen LogP contribution in [0.1, 0.15) is 42.1 Å². The molecule has 2 N–H and O–H groups in total. The molecule has 1 saturated carbocycles. The predicted molar refractivity (Wildman–Crippen MR) is 53.5 cm³/mol. The predicted octanol–water partition coefficient (Wildman–Crippen LogP) is 2.12. The molecular formula is C11H16N2. The number of aryl methyl sites for hydroxylation is 1. The van der Waals surface area contributed by atoms with Crippen LogP contribution in [0, 0.1) is 6.92 Å². The number of nitrogens with two attached hydrogens (primary N) is 1. The Morgan fingerprint density at radius 2 is 2.23 bits per heavy atom. The summed E-state index contributed by atoms with van der Waals surface area (Å²) in [5, 5.41) is 0. The topological polar surface area (TPSA) is 38.9 Å². The number of hydrogen-bond acceptors (Lipinski definition) is 2. The molecule has 2 rings (SSSR count). The van der Waals surface area contributed by atoms with Crippen molar-refractivity contribution in [3.05, 3.63) is 29.1 Å². The summed E-state index contributed by atoms with van der Waals surface area (Å²) < 4.78 is 0. The number of nitrogens with zero attached hydrogens (tertiary/aromatic N) is 1. The third-order valence-electron chi connectivity index (χ3n) is 2.79. The van der Waals surface area contributed by atoms with Crippen molar-refractivity contribution in [3.63, 3.8) is 0 Å². The van der Waals surface area contributed by atoms with E-state index in [2.05, 4.69) is 17.1 Å². The standard InChI is InChI=1S/C11H16N2/c1-8-5-9(7-12)6-11(13-8)10-3-2-4-10/h5-6,10H,2-4,7,12H2,1H3. The minimum atomic E-state index is 0.628. The summed E-state index contributed by atoms with van der Waals surface area (Å²) >= 11 is 0. The monoisotopic (exact) mass is 176 g/mol. The van der Waals surface area contributed by atoms with Gasteiger partial charge in [0.2, 0.25) is 0 Å². The molecule has 0 radical (unpaired) electrons. The summed E-state index contributed by atoms with van der Waals surface area (Å²) in [6, 6.07) is 4.24. The van der Waals surface area contributed by atoms with Gasteiger partial charge in [-0.3, -0.25) is 4.98 Å². The third kappa shape index (κ3) is 1.73. The Kier molecular flexibility index (Phi) is 2.32. The van der Waals surface area contributed by atoms with E-state index in [-0.39, 0.29) is 0 Å². The van der Waals surface area contributed by atoms with Crippen LogP contribution in [0.25, 0.3) is 0 Å². The second kappa shape index (κ2) is 3.46. The van der Waals surface area contributed by atoms with Crippen molar-refractivity contribution in [1.82, 2.24) is 4.98 Å². The van der Waals surface area contributed by atoms with Gasteiger partial charge in [-0.15, -0.1) is 0 Å². The Hall–Kier alpha value is -0.890. The van der Waals surface area contributed by atoms with Gasteiger partial charge in [0.05, 0.1) is 0 Å². The van der Waals surface area contributed by atoms with Crippen LogP contribution >= 0.6 is 0 Å². The van der Waals surface area contributed by atoms with Crippen LogP contribution in [0.2, 0.25) is 0 Å². The van der Waals surface area contributed by atoms with Gasteiger partial charge in [0.25, 0.3) is 0 Å². The highest BCUT2D eigenvalue weighted by Crippen LogP contribution is 2.35. The first-order valence-corrected chi connectivity index (χ1v) is 4.97. The molecular weight excluding hydrogens is 160 g/mol. The summed E-state index contributed by atoms with van der Waals surface area (Å²) in [6.07, 6.45) is 3.97. The van der Waals surface area contributed by atoms with Crippen molar-refractivity contribution in [2.45, 2.75) is 38.6 Å². The molecule has 0 atom stereocenters. The van der Waals surface area contributed by atoms with E-state index in [1.807, 2.05) is 6.92 Å². The first-order chi connectivity index (χ1) is 6.29. The molecule has 2 heteroatoms. The lowest BCUT2D eigenvalue weighted by Gasteiger charge is -2.25. The molecule has 0 amide bonds. The van der Waals surface area contributed by atoms with Gasteiger partial charge >= 0.3 is 0 Å². The highest BCUT2D eigenvalue weighted by atomic mass is 14.7. The zero-order valence-electron chi connectivity index (χ0n) is 8.09. The smallest absolute Gasteiger partial charge is 0.0440 e. The summed E-state index contributed by atoms with van der Waals surface area (Å²) in [5.41, 5.74) is 9.19. The van der Waals surface area contributed by atoms with Crippen LogP contribution in [0.5, 0.6) is 0 Å². The van der Waals surface area contributed by atoms with Crippen molar-refractivity contribution in [1.29, 1.82) is 0 Å². The average Bonchev–Trinajstić information content (AvgIpc) is 2.00. The molecule has 0 bridgehead atoms. The van der Waals surface area contributed by atoms with Crippen LogP contribution in [0.3, 0.4) is 0 Å². The van der Waals surface area contributed by atoms with Gasteiger partial charge in [0.15, 0.2) is 0 Å². The van der Waals surface area contributed by atoms with Gasteiger partial charge in [0.1, 0.15) is 0 Å². The molecule has 0 spiro atoms. The molecule has 2 nitrogen and oxygen atoms in total. The Bertz CT molecular complexity index is 303. The Morgan fingerprint density at radius 1 is 1.46 bits per heavy atom. The Labute approximate surface area is 79.2 Å². The van der Waals surface area contributed by atoms with E-state index in [0.29, 0.717) is 12.5 Å². The number of hydrogen-bond donors (Lipinski definition) is 1. The third-order valence-corrected chi connectivity index (χ3v) is 2.79. The fourth-order valence-electron chi connectivity index (χ4n) is 1.80. The fraction of sp³-hybridized carbons (Fsp3) is 0.545. The fourth-order valence-corrected chi connectivity index (χ4v) is 1.80. The molecule has 0 unspecified atom stereocenters. The van der Waals surface area contributed by atoms with E-state index >= 15 is 0 Å². The zero-order chi connectivity index (χ0) is 9.26. The van der Waals surface area contributed by atoms with E-state index in [9.17, 15) is 0 Å². The van der Waals surface area contributed by atoms with Crippen molar-refractivity contribution in [3.8, 4) is 0 Å². The van der Waals surface area contributed by atoms with Crippen molar-refractivity contribution in [2.24, 2.45) is 5.73 Å². The molecule has 1 aromatic heterocycles. The maximum Gasteiger partial charge on any atom is 0.0440 e. The van der Waals surface area contributed by atoms with Crippen molar-refractivity contribution >= 4 is 0 Å². The summed E-state index contributed by atoms with van der Waals surface area (Å²) in [7, 11) is 0. The van der Waals surface area contributed by atoms with Crippen LogP contribution in [0.15, 0.2) is 12.1 Å². The average molecular weight is 176 g/mol. The highest BCUT2D eigenvalue weighted by molar-refractivity contribution is 5.24. The zero-order valence-corrected chi connectivity index (χ0v) is 8.09. The van der Waals surface area contributed by atoms with Gasteiger partial charge in [-0.25, -0.2) is 0 Å².